The number of fused-ring (bicyclic) bond motifs is 1. The molecule has 2 aromatic carbocycles. The van der Waals surface area contributed by atoms with Gasteiger partial charge >= 0.3 is 0 Å². The second kappa shape index (κ2) is 8.35. The third-order valence-electron chi connectivity index (χ3n) is 4.59. The molecule has 0 saturated carbocycles. The molecule has 0 saturated heterocycles. The summed E-state index contributed by atoms with van der Waals surface area (Å²) >= 11 is 0. The Morgan fingerprint density at radius 3 is 2.63 bits per heavy atom. The Morgan fingerprint density at radius 1 is 1.10 bits per heavy atom. The first-order valence-corrected chi connectivity index (χ1v) is 11.1. The Balaban J connectivity index is 1.78. The van der Waals surface area contributed by atoms with Gasteiger partial charge < -0.3 is 19.2 Å². The number of unbranched alkanes of at least 4 members (excludes halogenated alkanes) is 1. The molecule has 2 heterocycles. The predicted molar refractivity (Wildman–Crippen MR) is 108 cm³/mol. The van der Waals surface area contributed by atoms with Crippen molar-refractivity contribution in [3.8, 4) is 23.0 Å². The van der Waals surface area contributed by atoms with Crippen molar-refractivity contribution >= 4 is 15.7 Å². The topological polar surface area (TPSA) is 90.7 Å². The first kappa shape index (κ1) is 20.2. The van der Waals surface area contributed by atoms with Crippen molar-refractivity contribution in [3.63, 3.8) is 0 Å². The summed E-state index contributed by atoms with van der Waals surface area (Å²) in [4.78, 5) is 4.14. The number of rotatable bonds is 7. The third kappa shape index (κ3) is 3.85. The number of nitrogens with one attached hydrogen (secondary N) is 1. The highest BCUT2D eigenvalue weighted by Crippen LogP contribution is 2.37. The molecule has 0 radical (unpaired) electrons. The minimum Gasteiger partial charge on any atom is -0.486 e. The van der Waals surface area contributed by atoms with Crippen molar-refractivity contribution in [1.29, 1.82) is 0 Å². The van der Waals surface area contributed by atoms with Gasteiger partial charge in [-0.3, -0.25) is 0 Å². The van der Waals surface area contributed by atoms with Crippen molar-refractivity contribution < 1.29 is 26.7 Å². The number of nitrogens with zero attached hydrogens (tertiary/aromatic N) is 1. The van der Waals surface area contributed by atoms with Crippen LogP contribution in [-0.4, -0.2) is 33.2 Å². The van der Waals surface area contributed by atoms with Crippen LogP contribution in [0.5, 0.6) is 11.5 Å². The minimum absolute atomic E-state index is 0.0151. The van der Waals surface area contributed by atoms with Gasteiger partial charge in [0, 0.05) is 12.6 Å². The molecule has 4 rings (SSSR count). The van der Waals surface area contributed by atoms with Gasteiger partial charge in [0.05, 0.1) is 10.5 Å². The normalized spacial score (nSPS) is 13.3. The van der Waals surface area contributed by atoms with Gasteiger partial charge in [0.1, 0.15) is 19.0 Å². The zero-order chi connectivity index (χ0) is 21.1. The highest BCUT2D eigenvalue weighted by molar-refractivity contribution is 7.91. The molecule has 1 aliphatic rings. The molecule has 1 N–H and O–H groups in total. The fourth-order valence-corrected chi connectivity index (χ4v) is 4.32. The highest BCUT2D eigenvalue weighted by atomic mass is 32.2. The summed E-state index contributed by atoms with van der Waals surface area (Å²) in [6.07, 6.45) is 1.71. The summed E-state index contributed by atoms with van der Waals surface area (Å²) in [6, 6.07) is 10.3. The van der Waals surface area contributed by atoms with Crippen LogP contribution < -0.4 is 14.8 Å². The summed E-state index contributed by atoms with van der Waals surface area (Å²) in [5, 5.41) is 2.68. The van der Waals surface area contributed by atoms with Crippen molar-refractivity contribution in [2.45, 2.75) is 29.7 Å². The zero-order valence-corrected chi connectivity index (χ0v) is 17.2. The van der Waals surface area contributed by atoms with Crippen molar-refractivity contribution in [3.05, 3.63) is 48.3 Å². The monoisotopic (exact) mass is 432 g/mol. The largest absolute Gasteiger partial charge is 0.486 e. The molecule has 1 aromatic heterocycles. The van der Waals surface area contributed by atoms with Gasteiger partial charge in [-0.25, -0.2) is 12.8 Å². The average Bonchev–Trinajstić information content (AvgIpc) is 3.18. The van der Waals surface area contributed by atoms with Gasteiger partial charge in [0.2, 0.25) is 26.6 Å². The number of hydrogen-bond donors (Lipinski definition) is 1. The lowest BCUT2D eigenvalue weighted by molar-refractivity contribution is 0.171. The van der Waals surface area contributed by atoms with E-state index in [0.29, 0.717) is 31.3 Å². The van der Waals surface area contributed by atoms with E-state index in [9.17, 15) is 12.8 Å². The number of halogens is 1. The van der Waals surface area contributed by atoms with E-state index in [0.717, 1.165) is 12.8 Å². The molecule has 158 valence electrons. The lowest BCUT2D eigenvalue weighted by Crippen LogP contribution is -2.16. The SMILES string of the molecule is CCCCNc1oc(-c2ccccc2F)nc1S(=O)(=O)c1ccc2c(c1)OCCO2. The smallest absolute Gasteiger partial charge is 0.233 e. The zero-order valence-electron chi connectivity index (χ0n) is 16.4. The number of ether oxygens (including phenoxy) is 2. The van der Waals surface area contributed by atoms with Gasteiger partial charge in [-0.1, -0.05) is 25.5 Å². The number of oxazole rings is 1. The molecule has 0 amide bonds. The van der Waals surface area contributed by atoms with E-state index in [1.807, 2.05) is 6.92 Å². The maximum atomic E-state index is 14.2. The second-order valence-corrected chi connectivity index (χ2v) is 8.59. The molecular formula is C21H21FN2O5S. The molecule has 9 heteroatoms. The lowest BCUT2D eigenvalue weighted by Gasteiger charge is -2.18. The van der Waals surface area contributed by atoms with E-state index in [-0.39, 0.29) is 27.3 Å². The fourth-order valence-electron chi connectivity index (χ4n) is 3.03. The van der Waals surface area contributed by atoms with E-state index in [1.165, 1.54) is 30.3 Å². The van der Waals surface area contributed by atoms with Crippen LogP contribution in [0.25, 0.3) is 11.5 Å². The molecule has 1 aliphatic heterocycles. The average molecular weight is 432 g/mol. The van der Waals surface area contributed by atoms with Crippen molar-refractivity contribution in [2.24, 2.45) is 0 Å². The molecule has 7 nitrogen and oxygen atoms in total. The second-order valence-electron chi connectivity index (χ2n) is 6.72. The van der Waals surface area contributed by atoms with Gasteiger partial charge in [0.25, 0.3) is 0 Å². The van der Waals surface area contributed by atoms with Gasteiger partial charge in [-0.2, -0.15) is 4.98 Å². The van der Waals surface area contributed by atoms with E-state index in [1.54, 1.807) is 12.1 Å². The molecule has 0 atom stereocenters. The van der Waals surface area contributed by atoms with E-state index in [4.69, 9.17) is 13.9 Å². The summed E-state index contributed by atoms with van der Waals surface area (Å²) in [6.45, 7) is 3.24. The predicted octanol–water partition coefficient (Wildman–Crippen LogP) is 4.30. The number of benzene rings is 2. The molecule has 0 aliphatic carbocycles. The van der Waals surface area contributed by atoms with Crippen LogP contribution in [0.4, 0.5) is 10.3 Å². The Hall–Kier alpha value is -3.07. The van der Waals surface area contributed by atoms with E-state index < -0.39 is 15.7 Å². The van der Waals surface area contributed by atoms with Crippen LogP contribution in [0.2, 0.25) is 0 Å². The Kier molecular flexibility index (Phi) is 5.63. The summed E-state index contributed by atoms with van der Waals surface area (Å²) < 4.78 is 57.5. The Bertz CT molecular complexity index is 1160. The maximum Gasteiger partial charge on any atom is 0.233 e. The third-order valence-corrected chi connectivity index (χ3v) is 6.26. The molecular weight excluding hydrogens is 411 g/mol. The molecule has 0 spiro atoms. The van der Waals surface area contributed by atoms with Crippen LogP contribution in [0.3, 0.4) is 0 Å². The van der Waals surface area contributed by atoms with Gasteiger partial charge in [-0.15, -0.1) is 0 Å². The molecule has 0 fully saturated rings. The fraction of sp³-hybridized carbons (Fsp3) is 0.286. The van der Waals surface area contributed by atoms with Gasteiger partial charge in [0.15, 0.2) is 11.5 Å². The van der Waals surface area contributed by atoms with Crippen LogP contribution in [-0.2, 0) is 9.84 Å². The number of aromatic nitrogens is 1. The lowest BCUT2D eigenvalue weighted by atomic mass is 10.2. The first-order valence-electron chi connectivity index (χ1n) is 9.65. The van der Waals surface area contributed by atoms with Crippen molar-refractivity contribution in [2.75, 3.05) is 25.1 Å². The highest BCUT2D eigenvalue weighted by Gasteiger charge is 2.30. The summed E-state index contributed by atoms with van der Waals surface area (Å²) in [5.41, 5.74) is 0.0830. The van der Waals surface area contributed by atoms with E-state index in [2.05, 4.69) is 10.3 Å². The quantitative estimate of drug-likeness (QED) is 0.557. The molecule has 3 aromatic rings. The van der Waals surface area contributed by atoms with Crippen LogP contribution in [0, 0.1) is 5.82 Å². The van der Waals surface area contributed by atoms with Crippen LogP contribution >= 0.6 is 0 Å². The summed E-state index contributed by atoms with van der Waals surface area (Å²) in [5.74, 6) is 0.149. The minimum atomic E-state index is -4.07. The van der Waals surface area contributed by atoms with Crippen LogP contribution in [0.15, 0.2) is 56.8 Å². The molecule has 30 heavy (non-hydrogen) atoms. The Labute approximate surface area is 173 Å². The molecule has 0 unspecified atom stereocenters. The van der Waals surface area contributed by atoms with Crippen LogP contribution in [0.1, 0.15) is 19.8 Å². The number of sulfone groups is 1. The standard InChI is InChI=1S/C21H21FN2O5S/c1-2-3-10-23-20-21(24-19(29-20)15-6-4-5-7-16(15)22)30(25,26)14-8-9-17-18(13-14)28-12-11-27-17/h4-9,13,23H,2-3,10-12H2,1H3. The number of anilines is 1. The first-order chi connectivity index (χ1) is 14.5. The maximum absolute atomic E-state index is 14.2. The van der Waals surface area contributed by atoms with E-state index >= 15 is 0 Å². The summed E-state index contributed by atoms with van der Waals surface area (Å²) in [7, 11) is -4.07. The number of hydrogen-bond acceptors (Lipinski definition) is 7. The Morgan fingerprint density at radius 2 is 1.87 bits per heavy atom. The van der Waals surface area contributed by atoms with Crippen molar-refractivity contribution in [1.82, 2.24) is 4.98 Å². The van der Waals surface area contributed by atoms with Gasteiger partial charge in [-0.05, 0) is 30.7 Å². The molecule has 0 bridgehead atoms.